The van der Waals surface area contributed by atoms with E-state index >= 15 is 0 Å². The molecule has 1 fully saturated rings. The fourth-order valence-electron chi connectivity index (χ4n) is 2.92. The molecule has 2 atom stereocenters. The van der Waals surface area contributed by atoms with Gasteiger partial charge in [0.15, 0.2) is 9.84 Å². The lowest BCUT2D eigenvalue weighted by Crippen LogP contribution is -2.50. The van der Waals surface area contributed by atoms with E-state index in [0.717, 1.165) is 5.56 Å². The molecule has 1 aromatic carbocycles. The molecule has 1 aliphatic heterocycles. The van der Waals surface area contributed by atoms with Crippen molar-refractivity contribution in [3.63, 3.8) is 0 Å². The van der Waals surface area contributed by atoms with Crippen molar-refractivity contribution in [3.8, 4) is 0 Å². The number of rotatable bonds is 4. The van der Waals surface area contributed by atoms with Crippen LogP contribution in [-0.2, 0) is 21.1 Å². The van der Waals surface area contributed by atoms with E-state index in [-0.39, 0.29) is 41.7 Å². The zero-order valence-electron chi connectivity index (χ0n) is 13.0. The van der Waals surface area contributed by atoms with Crippen LogP contribution >= 0.6 is 0 Å². The molecule has 6 heteroatoms. The summed E-state index contributed by atoms with van der Waals surface area (Å²) in [5.74, 6) is -0.129. The largest absolute Gasteiger partial charge is 0.338 e. The molecule has 1 aromatic rings. The molecule has 0 aromatic heterocycles. The first-order valence-electron chi connectivity index (χ1n) is 7.51. The maximum Gasteiger partial charge on any atom is 0.223 e. The van der Waals surface area contributed by atoms with E-state index < -0.39 is 9.84 Å². The van der Waals surface area contributed by atoms with E-state index in [4.69, 9.17) is 0 Å². The normalized spacial score (nSPS) is 22.3. The van der Waals surface area contributed by atoms with E-state index in [1.807, 2.05) is 13.0 Å². The SMILES string of the molecule is C[C@H](CC(=O)N1CCS(=O)(=O)C[C@H]1C)Cc1cccc(F)c1. The first-order chi connectivity index (χ1) is 10.3. The van der Waals surface area contributed by atoms with Crippen LogP contribution in [0.25, 0.3) is 0 Å². The monoisotopic (exact) mass is 327 g/mol. The number of benzene rings is 1. The summed E-state index contributed by atoms with van der Waals surface area (Å²) in [7, 11) is -3.02. The molecule has 22 heavy (non-hydrogen) atoms. The lowest BCUT2D eigenvalue weighted by Gasteiger charge is -2.34. The molecule has 0 aliphatic carbocycles. The summed E-state index contributed by atoms with van der Waals surface area (Å²) in [4.78, 5) is 14.0. The number of sulfone groups is 1. The lowest BCUT2D eigenvalue weighted by atomic mass is 9.97. The van der Waals surface area contributed by atoms with Gasteiger partial charge in [-0.3, -0.25) is 4.79 Å². The van der Waals surface area contributed by atoms with E-state index in [9.17, 15) is 17.6 Å². The van der Waals surface area contributed by atoms with Gasteiger partial charge in [0.05, 0.1) is 11.5 Å². The molecule has 0 N–H and O–H groups in total. The predicted molar refractivity (Wildman–Crippen MR) is 83.7 cm³/mol. The van der Waals surface area contributed by atoms with Gasteiger partial charge in [-0.1, -0.05) is 19.1 Å². The van der Waals surface area contributed by atoms with Crippen molar-refractivity contribution >= 4 is 15.7 Å². The third-order valence-electron chi connectivity index (χ3n) is 3.99. The summed E-state index contributed by atoms with van der Waals surface area (Å²) < 4.78 is 36.3. The Balaban J connectivity index is 1.91. The third-order valence-corrected chi connectivity index (χ3v) is 5.78. The Morgan fingerprint density at radius 3 is 2.82 bits per heavy atom. The molecule has 0 bridgehead atoms. The van der Waals surface area contributed by atoms with Crippen molar-refractivity contribution in [1.29, 1.82) is 0 Å². The van der Waals surface area contributed by atoms with Gasteiger partial charge in [-0.05, 0) is 37.0 Å². The maximum absolute atomic E-state index is 13.2. The second-order valence-corrected chi connectivity index (χ2v) is 8.42. The Kier molecular flexibility index (Phi) is 5.21. The topological polar surface area (TPSA) is 54.5 Å². The minimum Gasteiger partial charge on any atom is -0.338 e. The summed E-state index contributed by atoms with van der Waals surface area (Å²) in [5, 5.41) is 0. The molecule has 4 nitrogen and oxygen atoms in total. The summed E-state index contributed by atoms with van der Waals surface area (Å²) in [6.07, 6.45) is 0.977. The molecule has 0 unspecified atom stereocenters. The van der Waals surface area contributed by atoms with Crippen molar-refractivity contribution in [2.45, 2.75) is 32.7 Å². The Morgan fingerprint density at radius 1 is 1.45 bits per heavy atom. The van der Waals surface area contributed by atoms with Crippen LogP contribution in [0.2, 0.25) is 0 Å². The van der Waals surface area contributed by atoms with Crippen LogP contribution in [0.4, 0.5) is 4.39 Å². The highest BCUT2D eigenvalue weighted by Crippen LogP contribution is 2.18. The third kappa shape index (κ3) is 4.53. The van der Waals surface area contributed by atoms with Crippen LogP contribution in [0.15, 0.2) is 24.3 Å². The van der Waals surface area contributed by atoms with Gasteiger partial charge in [0, 0.05) is 19.0 Å². The fraction of sp³-hybridized carbons (Fsp3) is 0.562. The molecule has 0 saturated carbocycles. The highest BCUT2D eigenvalue weighted by atomic mass is 32.2. The van der Waals surface area contributed by atoms with Crippen LogP contribution in [0.3, 0.4) is 0 Å². The Labute approximate surface area is 131 Å². The highest BCUT2D eigenvalue weighted by molar-refractivity contribution is 7.91. The predicted octanol–water partition coefficient (Wildman–Crippen LogP) is 2.04. The molecule has 1 heterocycles. The second kappa shape index (κ2) is 6.77. The average molecular weight is 327 g/mol. The average Bonchev–Trinajstić information content (AvgIpc) is 2.36. The minimum absolute atomic E-state index is 0.0219. The number of hydrogen-bond donors (Lipinski definition) is 0. The van der Waals surface area contributed by atoms with Crippen LogP contribution in [0.1, 0.15) is 25.8 Å². The molecule has 0 radical (unpaired) electrons. The second-order valence-electron chi connectivity index (χ2n) is 6.19. The van der Waals surface area contributed by atoms with Crippen molar-refractivity contribution < 1.29 is 17.6 Å². The number of carbonyl (C=O) groups is 1. The Hall–Kier alpha value is -1.43. The van der Waals surface area contributed by atoms with Gasteiger partial charge < -0.3 is 4.90 Å². The van der Waals surface area contributed by atoms with Crippen molar-refractivity contribution in [3.05, 3.63) is 35.6 Å². The summed E-state index contributed by atoms with van der Waals surface area (Å²) in [5.41, 5.74) is 0.870. The number of halogens is 1. The van der Waals surface area contributed by atoms with Crippen LogP contribution in [0, 0.1) is 11.7 Å². The quantitative estimate of drug-likeness (QED) is 0.850. The minimum atomic E-state index is -3.02. The van der Waals surface area contributed by atoms with Gasteiger partial charge in [0.1, 0.15) is 5.82 Å². The van der Waals surface area contributed by atoms with Gasteiger partial charge in [0.25, 0.3) is 0 Å². The van der Waals surface area contributed by atoms with Gasteiger partial charge in [0.2, 0.25) is 5.91 Å². The standard InChI is InChI=1S/C16H22FNO3S/c1-12(8-14-4-3-5-15(17)10-14)9-16(19)18-6-7-22(20,21)11-13(18)2/h3-5,10,12-13H,6-9,11H2,1-2H3/t12-,13+/m0/s1. The summed E-state index contributed by atoms with van der Waals surface area (Å²) >= 11 is 0. The van der Waals surface area contributed by atoms with Gasteiger partial charge in [-0.15, -0.1) is 0 Å². The molecule has 1 aliphatic rings. The highest BCUT2D eigenvalue weighted by Gasteiger charge is 2.31. The molecule has 122 valence electrons. The molecule has 0 spiro atoms. The maximum atomic E-state index is 13.2. The van der Waals surface area contributed by atoms with E-state index in [1.165, 1.54) is 12.1 Å². The van der Waals surface area contributed by atoms with Crippen LogP contribution < -0.4 is 0 Å². The zero-order chi connectivity index (χ0) is 16.3. The van der Waals surface area contributed by atoms with Crippen LogP contribution in [-0.4, -0.2) is 43.3 Å². The Bertz CT molecular complexity index is 645. The van der Waals surface area contributed by atoms with Crippen molar-refractivity contribution in [1.82, 2.24) is 4.90 Å². The number of amides is 1. The smallest absolute Gasteiger partial charge is 0.223 e. The fourth-order valence-corrected chi connectivity index (χ4v) is 4.48. The number of nitrogens with zero attached hydrogens (tertiary/aromatic N) is 1. The number of hydrogen-bond acceptors (Lipinski definition) is 3. The van der Waals surface area contributed by atoms with Crippen LogP contribution in [0.5, 0.6) is 0 Å². The van der Waals surface area contributed by atoms with E-state index in [2.05, 4.69) is 0 Å². The molecular weight excluding hydrogens is 305 g/mol. The number of carbonyl (C=O) groups excluding carboxylic acids is 1. The molecule has 2 rings (SSSR count). The Morgan fingerprint density at radius 2 is 2.18 bits per heavy atom. The summed E-state index contributed by atoms with van der Waals surface area (Å²) in [6.45, 7) is 4.00. The molecule has 1 amide bonds. The molecular formula is C16H22FNO3S. The summed E-state index contributed by atoms with van der Waals surface area (Å²) in [6, 6.07) is 6.12. The first-order valence-corrected chi connectivity index (χ1v) is 9.33. The van der Waals surface area contributed by atoms with Crippen molar-refractivity contribution in [2.24, 2.45) is 5.92 Å². The lowest BCUT2D eigenvalue weighted by molar-refractivity contribution is -0.133. The zero-order valence-corrected chi connectivity index (χ0v) is 13.8. The molecule has 1 saturated heterocycles. The van der Waals surface area contributed by atoms with Gasteiger partial charge >= 0.3 is 0 Å². The van der Waals surface area contributed by atoms with E-state index in [0.29, 0.717) is 12.8 Å². The first kappa shape index (κ1) is 16.9. The van der Waals surface area contributed by atoms with Gasteiger partial charge in [-0.25, -0.2) is 12.8 Å². The van der Waals surface area contributed by atoms with Crippen molar-refractivity contribution in [2.75, 3.05) is 18.1 Å². The van der Waals surface area contributed by atoms with E-state index in [1.54, 1.807) is 17.9 Å². The van der Waals surface area contributed by atoms with Gasteiger partial charge in [-0.2, -0.15) is 0 Å².